The summed E-state index contributed by atoms with van der Waals surface area (Å²) in [5.41, 5.74) is -0.118. The summed E-state index contributed by atoms with van der Waals surface area (Å²) in [5.74, 6) is -0.0839. The zero-order chi connectivity index (χ0) is 15.4. The molecule has 0 aromatic carbocycles. The van der Waals surface area contributed by atoms with E-state index in [1.807, 2.05) is 0 Å². The number of hydrogen-bond acceptors (Lipinski definition) is 6. The minimum Gasteiger partial charge on any atom is -0.390 e. The number of carbonyl (C=O) groups excluding carboxylic acids is 1. The number of rotatable bonds is 8. The Kier molecular flexibility index (Phi) is 4.86. The lowest BCUT2D eigenvalue weighted by Gasteiger charge is -2.16. The second-order valence-corrected chi connectivity index (χ2v) is 5.24. The summed E-state index contributed by atoms with van der Waals surface area (Å²) in [5, 5.41) is 30.0. The predicted octanol–water partition coefficient (Wildman–Crippen LogP) is -0.591. The number of aliphatic hydroxyl groups is 1. The Morgan fingerprint density at radius 2 is 2.38 bits per heavy atom. The van der Waals surface area contributed by atoms with Gasteiger partial charge in [0.1, 0.15) is 12.4 Å². The van der Waals surface area contributed by atoms with Crippen molar-refractivity contribution in [3.8, 4) is 0 Å². The highest BCUT2D eigenvalue weighted by molar-refractivity contribution is 5.81. The van der Waals surface area contributed by atoms with Crippen LogP contribution in [0.5, 0.6) is 0 Å². The van der Waals surface area contributed by atoms with E-state index in [1.165, 1.54) is 10.9 Å². The third-order valence-corrected chi connectivity index (χ3v) is 3.20. The molecule has 0 aliphatic heterocycles. The molecule has 1 aliphatic carbocycles. The van der Waals surface area contributed by atoms with Gasteiger partial charge in [-0.05, 0) is 19.8 Å². The van der Waals surface area contributed by atoms with Crippen molar-refractivity contribution in [1.29, 1.82) is 0 Å². The van der Waals surface area contributed by atoms with Crippen LogP contribution < -0.4 is 10.6 Å². The number of aliphatic hydroxyl groups excluding tert-OH is 1. The van der Waals surface area contributed by atoms with Crippen molar-refractivity contribution in [2.24, 2.45) is 0 Å². The normalized spacial score (nSPS) is 17.2. The van der Waals surface area contributed by atoms with Gasteiger partial charge in [-0.1, -0.05) is 0 Å². The standard InChI is InChI=1S/C12H19N5O4/c1-8(12(19)15-9-2-3-9)13-5-11(18)7-16-6-10(4-14-16)17(20)21/h4,6,8-9,11,13,18H,2-3,5,7H2,1H3,(H,15,19). The molecule has 9 nitrogen and oxygen atoms in total. The molecule has 1 aromatic rings. The van der Waals surface area contributed by atoms with Gasteiger partial charge < -0.3 is 15.7 Å². The first-order valence-electron chi connectivity index (χ1n) is 6.84. The number of aromatic nitrogens is 2. The smallest absolute Gasteiger partial charge is 0.306 e. The minimum absolute atomic E-state index is 0.0839. The number of hydrogen-bond donors (Lipinski definition) is 3. The quantitative estimate of drug-likeness (QED) is 0.435. The summed E-state index contributed by atoms with van der Waals surface area (Å²) in [6, 6.07) is -0.0940. The molecule has 3 N–H and O–H groups in total. The predicted molar refractivity (Wildman–Crippen MR) is 73.5 cm³/mol. The van der Waals surface area contributed by atoms with Crippen LogP contribution in [0.4, 0.5) is 5.69 Å². The lowest BCUT2D eigenvalue weighted by molar-refractivity contribution is -0.385. The van der Waals surface area contributed by atoms with Crippen LogP contribution in [0.15, 0.2) is 12.4 Å². The average molecular weight is 297 g/mol. The highest BCUT2D eigenvalue weighted by atomic mass is 16.6. The van der Waals surface area contributed by atoms with Crippen LogP contribution in [0.3, 0.4) is 0 Å². The zero-order valence-electron chi connectivity index (χ0n) is 11.7. The lowest BCUT2D eigenvalue weighted by Crippen LogP contribution is -2.46. The van der Waals surface area contributed by atoms with Crippen LogP contribution in [0.25, 0.3) is 0 Å². The summed E-state index contributed by atoms with van der Waals surface area (Å²) < 4.78 is 1.30. The maximum Gasteiger partial charge on any atom is 0.306 e. The van der Waals surface area contributed by atoms with Crippen molar-refractivity contribution in [3.63, 3.8) is 0 Å². The first-order chi connectivity index (χ1) is 9.95. The van der Waals surface area contributed by atoms with Gasteiger partial charge in [0, 0.05) is 12.6 Å². The van der Waals surface area contributed by atoms with E-state index in [0.717, 1.165) is 19.0 Å². The summed E-state index contributed by atoms with van der Waals surface area (Å²) in [4.78, 5) is 21.7. The zero-order valence-corrected chi connectivity index (χ0v) is 11.7. The van der Waals surface area contributed by atoms with E-state index < -0.39 is 17.1 Å². The molecule has 1 fully saturated rings. The van der Waals surface area contributed by atoms with E-state index in [-0.39, 0.29) is 24.7 Å². The second kappa shape index (κ2) is 6.64. The molecule has 2 rings (SSSR count). The third kappa shape index (κ3) is 4.80. The van der Waals surface area contributed by atoms with Gasteiger partial charge in [0.25, 0.3) is 0 Å². The Hall–Kier alpha value is -2.00. The summed E-state index contributed by atoms with van der Waals surface area (Å²) in [6.45, 7) is 2.05. The number of amides is 1. The van der Waals surface area contributed by atoms with Gasteiger partial charge in [-0.3, -0.25) is 19.6 Å². The molecule has 0 radical (unpaired) electrons. The molecule has 1 aromatic heterocycles. The van der Waals surface area contributed by atoms with Gasteiger partial charge in [-0.15, -0.1) is 0 Å². The molecule has 9 heteroatoms. The number of nitro groups is 1. The van der Waals surface area contributed by atoms with Crippen LogP contribution >= 0.6 is 0 Å². The van der Waals surface area contributed by atoms with Crippen molar-refractivity contribution in [2.45, 2.75) is 44.5 Å². The topological polar surface area (TPSA) is 122 Å². The lowest BCUT2D eigenvalue weighted by atomic mass is 10.2. The molecule has 2 unspecified atom stereocenters. The van der Waals surface area contributed by atoms with E-state index in [4.69, 9.17) is 0 Å². The van der Waals surface area contributed by atoms with Gasteiger partial charge in [-0.2, -0.15) is 5.10 Å². The SMILES string of the molecule is CC(NCC(O)Cn1cc([N+](=O)[O-])cn1)C(=O)NC1CC1. The van der Waals surface area contributed by atoms with Crippen LogP contribution in [0.1, 0.15) is 19.8 Å². The van der Waals surface area contributed by atoms with Crippen molar-refractivity contribution >= 4 is 11.6 Å². The Bertz CT molecular complexity index is 514. The number of nitrogens with zero attached hydrogens (tertiary/aromatic N) is 3. The van der Waals surface area contributed by atoms with E-state index in [1.54, 1.807) is 6.92 Å². The number of carbonyl (C=O) groups is 1. The van der Waals surface area contributed by atoms with Crippen LogP contribution in [0, 0.1) is 10.1 Å². The van der Waals surface area contributed by atoms with Crippen LogP contribution in [0.2, 0.25) is 0 Å². The van der Waals surface area contributed by atoms with Crippen molar-refractivity contribution in [1.82, 2.24) is 20.4 Å². The minimum atomic E-state index is -0.791. The molecule has 1 heterocycles. The maximum atomic E-state index is 11.7. The van der Waals surface area contributed by atoms with Gasteiger partial charge in [0.2, 0.25) is 5.91 Å². The Balaban J connectivity index is 1.71. The maximum absolute atomic E-state index is 11.7. The molecular weight excluding hydrogens is 278 g/mol. The Morgan fingerprint density at radius 1 is 1.67 bits per heavy atom. The monoisotopic (exact) mass is 297 g/mol. The first kappa shape index (κ1) is 15.4. The molecule has 116 valence electrons. The van der Waals surface area contributed by atoms with Gasteiger partial charge in [0.05, 0.1) is 23.6 Å². The highest BCUT2D eigenvalue weighted by Gasteiger charge is 2.25. The van der Waals surface area contributed by atoms with E-state index in [9.17, 15) is 20.0 Å². The van der Waals surface area contributed by atoms with Gasteiger partial charge >= 0.3 is 5.69 Å². The Labute approximate surface area is 121 Å². The van der Waals surface area contributed by atoms with Crippen molar-refractivity contribution in [2.75, 3.05) is 6.54 Å². The van der Waals surface area contributed by atoms with Crippen LogP contribution in [-0.4, -0.2) is 50.4 Å². The molecule has 0 saturated heterocycles. The molecule has 1 amide bonds. The molecule has 0 bridgehead atoms. The molecule has 1 aliphatic rings. The third-order valence-electron chi connectivity index (χ3n) is 3.20. The molecule has 1 saturated carbocycles. The van der Waals surface area contributed by atoms with Gasteiger partial charge in [0.15, 0.2) is 0 Å². The fourth-order valence-electron chi connectivity index (χ4n) is 1.79. The molecule has 21 heavy (non-hydrogen) atoms. The fraction of sp³-hybridized carbons (Fsp3) is 0.667. The average Bonchev–Trinajstić information content (AvgIpc) is 3.11. The molecule has 0 spiro atoms. The largest absolute Gasteiger partial charge is 0.390 e. The van der Waals surface area contributed by atoms with Crippen molar-refractivity contribution in [3.05, 3.63) is 22.5 Å². The van der Waals surface area contributed by atoms with E-state index in [0.29, 0.717) is 6.04 Å². The molecular formula is C12H19N5O4. The second-order valence-electron chi connectivity index (χ2n) is 5.24. The van der Waals surface area contributed by atoms with E-state index >= 15 is 0 Å². The summed E-state index contributed by atoms with van der Waals surface area (Å²) >= 11 is 0. The summed E-state index contributed by atoms with van der Waals surface area (Å²) in [7, 11) is 0. The number of nitrogens with one attached hydrogen (secondary N) is 2. The molecule has 2 atom stereocenters. The summed E-state index contributed by atoms with van der Waals surface area (Å²) in [6.07, 6.45) is 3.65. The highest BCUT2D eigenvalue weighted by Crippen LogP contribution is 2.18. The van der Waals surface area contributed by atoms with Gasteiger partial charge in [-0.25, -0.2) is 0 Å². The van der Waals surface area contributed by atoms with E-state index in [2.05, 4.69) is 15.7 Å². The van der Waals surface area contributed by atoms with Crippen molar-refractivity contribution < 1.29 is 14.8 Å². The Morgan fingerprint density at radius 3 is 2.95 bits per heavy atom. The van der Waals surface area contributed by atoms with Crippen LogP contribution in [-0.2, 0) is 11.3 Å². The fourth-order valence-corrected chi connectivity index (χ4v) is 1.79. The first-order valence-corrected chi connectivity index (χ1v) is 6.84.